The first-order valence-corrected chi connectivity index (χ1v) is 14.1. The fraction of sp³-hybridized carbons (Fsp3) is 0.265. The average molecular weight is 566 g/mol. The first-order chi connectivity index (χ1) is 20.4. The summed E-state index contributed by atoms with van der Waals surface area (Å²) in [5.74, 6) is 0.552. The molecule has 2 aromatic heterocycles. The van der Waals surface area contributed by atoms with Gasteiger partial charge < -0.3 is 19.1 Å². The number of methoxy groups -OCH3 is 1. The molecule has 2 heterocycles. The molecule has 0 unspecified atom stereocenters. The van der Waals surface area contributed by atoms with Crippen LogP contribution in [0.4, 0.5) is 4.39 Å². The normalized spacial score (nSPS) is 13.0. The van der Waals surface area contributed by atoms with Crippen molar-refractivity contribution < 1.29 is 23.8 Å². The van der Waals surface area contributed by atoms with E-state index in [2.05, 4.69) is 22.8 Å². The summed E-state index contributed by atoms with van der Waals surface area (Å²) >= 11 is 0. The Morgan fingerprint density at radius 2 is 1.86 bits per heavy atom. The molecule has 1 fully saturated rings. The Morgan fingerprint density at radius 3 is 2.62 bits per heavy atom. The van der Waals surface area contributed by atoms with Gasteiger partial charge in [-0.15, -0.1) is 0 Å². The molecule has 1 saturated carbocycles. The second kappa shape index (κ2) is 11.7. The van der Waals surface area contributed by atoms with Crippen LogP contribution in [0, 0.1) is 12.7 Å². The quantitative estimate of drug-likeness (QED) is 0.187. The molecule has 7 nitrogen and oxygen atoms in total. The second-order valence-electron chi connectivity index (χ2n) is 10.8. The van der Waals surface area contributed by atoms with Crippen LogP contribution in [0.15, 0.2) is 72.8 Å². The maximum atomic E-state index is 14.3. The summed E-state index contributed by atoms with van der Waals surface area (Å²) in [6.07, 6.45) is 2.89. The highest BCUT2D eigenvalue weighted by Crippen LogP contribution is 2.43. The predicted molar refractivity (Wildman–Crippen MR) is 158 cm³/mol. The third-order valence-electron chi connectivity index (χ3n) is 7.71. The minimum Gasteiger partial charge on any atom is -0.478 e. The van der Waals surface area contributed by atoms with Crippen LogP contribution >= 0.6 is 0 Å². The SMILES string of the molecule is COCCn1c(Cc2ccc(-c3cccc(OCc4ccc(C)cc4F)n3)cc2C2CC2)nc2ccc(C(=O)O)cc21. The van der Waals surface area contributed by atoms with Crippen LogP contribution in [0.25, 0.3) is 22.3 Å². The first-order valence-electron chi connectivity index (χ1n) is 14.1. The van der Waals surface area contributed by atoms with Gasteiger partial charge in [0.25, 0.3) is 0 Å². The van der Waals surface area contributed by atoms with Crippen LogP contribution in [-0.2, 0) is 24.3 Å². The Hall–Kier alpha value is -4.56. The number of fused-ring (bicyclic) bond motifs is 1. The van der Waals surface area contributed by atoms with E-state index in [1.54, 1.807) is 37.4 Å². The van der Waals surface area contributed by atoms with Crippen LogP contribution in [0.2, 0.25) is 0 Å². The predicted octanol–water partition coefficient (Wildman–Crippen LogP) is 6.94. The van der Waals surface area contributed by atoms with Gasteiger partial charge in [-0.25, -0.2) is 19.2 Å². The molecular weight excluding hydrogens is 533 g/mol. The average Bonchev–Trinajstić information content (AvgIpc) is 3.78. The molecular formula is C34H32FN3O4. The molecule has 8 heteroatoms. The lowest BCUT2D eigenvalue weighted by atomic mass is 9.96. The van der Waals surface area contributed by atoms with Crippen molar-refractivity contribution in [1.82, 2.24) is 14.5 Å². The van der Waals surface area contributed by atoms with E-state index in [1.165, 1.54) is 17.2 Å². The van der Waals surface area contributed by atoms with E-state index in [0.717, 1.165) is 46.5 Å². The summed E-state index contributed by atoms with van der Waals surface area (Å²) in [4.78, 5) is 21.2. The zero-order valence-electron chi connectivity index (χ0n) is 23.6. The van der Waals surface area contributed by atoms with Gasteiger partial charge in [0.2, 0.25) is 5.88 Å². The number of carboxylic acid groups (broad SMARTS) is 1. The van der Waals surface area contributed by atoms with Crippen molar-refractivity contribution in [3.8, 4) is 17.1 Å². The molecule has 1 aliphatic rings. The number of imidazole rings is 1. The highest BCUT2D eigenvalue weighted by Gasteiger charge is 2.27. The molecule has 5 aromatic rings. The van der Waals surface area contributed by atoms with Gasteiger partial charge >= 0.3 is 5.97 Å². The maximum Gasteiger partial charge on any atom is 0.335 e. The van der Waals surface area contributed by atoms with Gasteiger partial charge in [-0.1, -0.05) is 30.3 Å². The summed E-state index contributed by atoms with van der Waals surface area (Å²) < 4.78 is 27.5. The molecule has 0 radical (unpaired) electrons. The number of carboxylic acids is 1. The summed E-state index contributed by atoms with van der Waals surface area (Å²) in [5.41, 5.74) is 7.40. The van der Waals surface area contributed by atoms with Crippen molar-refractivity contribution in [2.24, 2.45) is 0 Å². The van der Waals surface area contributed by atoms with Crippen LogP contribution in [0.1, 0.15) is 57.2 Å². The monoisotopic (exact) mass is 565 g/mol. The van der Waals surface area contributed by atoms with E-state index < -0.39 is 5.97 Å². The molecule has 1 N–H and O–H groups in total. The molecule has 0 bridgehead atoms. The minimum absolute atomic E-state index is 0.104. The molecule has 0 spiro atoms. The summed E-state index contributed by atoms with van der Waals surface area (Å²) in [5, 5.41) is 9.51. The lowest BCUT2D eigenvalue weighted by Crippen LogP contribution is -2.10. The zero-order valence-corrected chi connectivity index (χ0v) is 23.6. The van der Waals surface area contributed by atoms with Gasteiger partial charge in [0.05, 0.1) is 28.9 Å². The number of rotatable bonds is 11. The van der Waals surface area contributed by atoms with Gasteiger partial charge in [-0.3, -0.25) is 0 Å². The summed E-state index contributed by atoms with van der Waals surface area (Å²) in [6, 6.07) is 22.2. The number of hydrogen-bond donors (Lipinski definition) is 1. The van der Waals surface area contributed by atoms with Crippen molar-refractivity contribution >= 4 is 17.0 Å². The van der Waals surface area contributed by atoms with Gasteiger partial charge in [0.15, 0.2) is 0 Å². The van der Waals surface area contributed by atoms with Crippen LogP contribution in [0.3, 0.4) is 0 Å². The van der Waals surface area contributed by atoms with E-state index in [0.29, 0.717) is 36.9 Å². The molecule has 42 heavy (non-hydrogen) atoms. The number of halogens is 1. The van der Waals surface area contributed by atoms with Crippen molar-refractivity contribution in [2.45, 2.75) is 45.3 Å². The number of pyridine rings is 1. The van der Waals surface area contributed by atoms with E-state index in [4.69, 9.17) is 19.4 Å². The number of ether oxygens (including phenoxy) is 2. The number of aryl methyl sites for hydroxylation is 1. The lowest BCUT2D eigenvalue weighted by Gasteiger charge is -2.14. The number of hydrogen-bond acceptors (Lipinski definition) is 5. The Labute approximate surface area is 243 Å². The third-order valence-corrected chi connectivity index (χ3v) is 7.71. The van der Waals surface area contributed by atoms with Crippen molar-refractivity contribution in [1.29, 1.82) is 0 Å². The fourth-order valence-corrected chi connectivity index (χ4v) is 5.31. The first kappa shape index (κ1) is 27.6. The topological polar surface area (TPSA) is 86.5 Å². The zero-order chi connectivity index (χ0) is 29.2. The highest BCUT2D eigenvalue weighted by atomic mass is 19.1. The van der Waals surface area contributed by atoms with E-state index in [9.17, 15) is 14.3 Å². The Morgan fingerprint density at radius 1 is 1.02 bits per heavy atom. The standard InChI is InChI=1S/C34H32FN3O4/c1-21-6-7-26(28(35)16-21)20-42-33-5-3-4-29(37-33)24-11-10-23(27(17-24)22-8-9-22)19-32-36-30-13-12-25(34(39)40)18-31(30)38(32)14-15-41-2/h3-7,10-13,16-18,22H,8-9,14-15,19-20H2,1-2H3,(H,39,40). The van der Waals surface area contributed by atoms with E-state index in [1.807, 2.05) is 25.1 Å². The van der Waals surface area contributed by atoms with Gasteiger partial charge in [0.1, 0.15) is 18.2 Å². The molecule has 0 aliphatic heterocycles. The van der Waals surface area contributed by atoms with Crippen molar-refractivity contribution in [3.05, 3.63) is 112 Å². The Balaban J connectivity index is 1.28. The molecule has 6 rings (SSSR count). The third kappa shape index (κ3) is 5.90. The van der Waals surface area contributed by atoms with E-state index in [-0.39, 0.29) is 18.0 Å². The number of aromatic nitrogens is 3. The van der Waals surface area contributed by atoms with E-state index >= 15 is 0 Å². The van der Waals surface area contributed by atoms with Gasteiger partial charge in [-0.2, -0.15) is 0 Å². The molecule has 214 valence electrons. The number of nitrogens with zero attached hydrogens (tertiary/aromatic N) is 3. The molecule has 0 saturated heterocycles. The maximum absolute atomic E-state index is 14.3. The number of aromatic carboxylic acids is 1. The smallest absolute Gasteiger partial charge is 0.335 e. The van der Waals surface area contributed by atoms with Gasteiger partial charge in [0, 0.05) is 37.3 Å². The van der Waals surface area contributed by atoms with Crippen LogP contribution < -0.4 is 4.74 Å². The largest absolute Gasteiger partial charge is 0.478 e. The Kier molecular flexibility index (Phi) is 7.71. The minimum atomic E-state index is -0.963. The molecule has 0 atom stereocenters. The van der Waals surface area contributed by atoms with Crippen molar-refractivity contribution in [2.75, 3.05) is 13.7 Å². The van der Waals surface area contributed by atoms with Crippen molar-refractivity contribution in [3.63, 3.8) is 0 Å². The summed E-state index contributed by atoms with van der Waals surface area (Å²) in [7, 11) is 1.65. The molecule has 1 aliphatic carbocycles. The fourth-order valence-electron chi connectivity index (χ4n) is 5.31. The number of benzene rings is 3. The number of carbonyl (C=O) groups is 1. The molecule has 0 amide bonds. The molecule has 3 aromatic carbocycles. The summed E-state index contributed by atoms with van der Waals surface area (Å²) in [6.45, 7) is 3.03. The van der Waals surface area contributed by atoms with Crippen LogP contribution in [0.5, 0.6) is 5.88 Å². The second-order valence-corrected chi connectivity index (χ2v) is 10.8. The van der Waals surface area contributed by atoms with Gasteiger partial charge in [-0.05, 0) is 78.8 Å². The Bertz CT molecular complexity index is 1780. The van der Waals surface area contributed by atoms with Crippen LogP contribution in [-0.4, -0.2) is 39.3 Å². The lowest BCUT2D eigenvalue weighted by molar-refractivity contribution is 0.0697. The highest BCUT2D eigenvalue weighted by molar-refractivity contribution is 5.92.